The monoisotopic (exact) mass is 337 g/mol. The standard InChI is InChI=1S/C13H12ClN5O2S/c1-18-9-15-13(12(18)14)22(20,21)17-10-5-2-3-6-11(10)19-8-4-7-16-19/h2-9,17H,1H3. The fraction of sp³-hybridized carbons (Fsp3) is 0.0769. The van der Waals surface area contributed by atoms with Crippen molar-refractivity contribution < 1.29 is 8.42 Å². The minimum atomic E-state index is -3.89. The van der Waals surface area contributed by atoms with Crippen molar-refractivity contribution in [2.45, 2.75) is 5.03 Å². The summed E-state index contributed by atoms with van der Waals surface area (Å²) in [7, 11) is -2.27. The van der Waals surface area contributed by atoms with Crippen LogP contribution in [-0.4, -0.2) is 27.7 Å². The molecule has 0 radical (unpaired) electrons. The molecule has 0 fully saturated rings. The SMILES string of the molecule is Cn1cnc(S(=O)(=O)Nc2ccccc2-n2cccn2)c1Cl. The maximum absolute atomic E-state index is 12.5. The van der Waals surface area contributed by atoms with Crippen molar-refractivity contribution in [1.82, 2.24) is 19.3 Å². The van der Waals surface area contributed by atoms with E-state index in [0.29, 0.717) is 11.4 Å². The molecule has 0 spiro atoms. The van der Waals surface area contributed by atoms with Gasteiger partial charge in [-0.15, -0.1) is 0 Å². The lowest BCUT2D eigenvalue weighted by molar-refractivity contribution is 0.598. The second-order valence-corrected chi connectivity index (χ2v) is 6.48. The number of nitrogens with one attached hydrogen (secondary N) is 1. The number of nitrogens with zero attached hydrogens (tertiary/aromatic N) is 4. The molecule has 0 saturated heterocycles. The van der Waals surface area contributed by atoms with Crippen molar-refractivity contribution in [3.05, 3.63) is 54.2 Å². The Hall–Kier alpha value is -2.32. The van der Waals surface area contributed by atoms with E-state index in [2.05, 4.69) is 14.8 Å². The first-order valence-corrected chi connectivity index (χ1v) is 8.14. The minimum absolute atomic E-state index is 0.0454. The Kier molecular flexibility index (Phi) is 3.63. The van der Waals surface area contributed by atoms with Crippen molar-refractivity contribution in [3.63, 3.8) is 0 Å². The number of hydrogen-bond acceptors (Lipinski definition) is 4. The van der Waals surface area contributed by atoms with Gasteiger partial charge in [-0.25, -0.2) is 9.67 Å². The molecule has 3 aromatic rings. The number of anilines is 1. The van der Waals surface area contributed by atoms with Gasteiger partial charge >= 0.3 is 0 Å². The van der Waals surface area contributed by atoms with Crippen LogP contribution in [0.1, 0.15) is 0 Å². The fourth-order valence-electron chi connectivity index (χ4n) is 1.94. The van der Waals surface area contributed by atoms with Gasteiger partial charge in [0.1, 0.15) is 5.15 Å². The van der Waals surface area contributed by atoms with Crippen LogP contribution < -0.4 is 4.72 Å². The number of para-hydroxylation sites is 2. The number of imidazole rings is 1. The molecule has 0 saturated carbocycles. The summed E-state index contributed by atoms with van der Waals surface area (Å²) in [5.41, 5.74) is 0.982. The van der Waals surface area contributed by atoms with Crippen LogP contribution in [0.25, 0.3) is 5.69 Å². The van der Waals surface area contributed by atoms with E-state index in [9.17, 15) is 8.42 Å². The van der Waals surface area contributed by atoms with E-state index in [1.165, 1.54) is 10.9 Å². The molecule has 114 valence electrons. The lowest BCUT2D eigenvalue weighted by Crippen LogP contribution is -2.15. The molecule has 0 atom stereocenters. The quantitative estimate of drug-likeness (QED) is 0.790. The molecule has 0 aliphatic heterocycles. The lowest BCUT2D eigenvalue weighted by Gasteiger charge is -2.11. The first-order valence-electron chi connectivity index (χ1n) is 6.28. The van der Waals surface area contributed by atoms with Gasteiger partial charge in [-0.2, -0.15) is 13.5 Å². The fourth-order valence-corrected chi connectivity index (χ4v) is 3.45. The maximum atomic E-state index is 12.5. The van der Waals surface area contributed by atoms with Crippen LogP contribution in [0.3, 0.4) is 0 Å². The molecular formula is C13H12ClN5O2S. The summed E-state index contributed by atoms with van der Waals surface area (Å²) >= 11 is 5.96. The number of aromatic nitrogens is 4. The van der Waals surface area contributed by atoms with E-state index >= 15 is 0 Å². The van der Waals surface area contributed by atoms with Crippen LogP contribution >= 0.6 is 11.6 Å². The number of aryl methyl sites for hydroxylation is 1. The van der Waals surface area contributed by atoms with E-state index in [4.69, 9.17) is 11.6 Å². The summed E-state index contributed by atoms with van der Waals surface area (Å²) in [4.78, 5) is 3.83. The van der Waals surface area contributed by atoms with Crippen molar-refractivity contribution in [2.24, 2.45) is 7.05 Å². The minimum Gasteiger partial charge on any atom is -0.324 e. The third-order valence-electron chi connectivity index (χ3n) is 2.99. The van der Waals surface area contributed by atoms with Crippen LogP contribution in [0, 0.1) is 0 Å². The molecule has 0 aliphatic rings. The van der Waals surface area contributed by atoms with Crippen LogP contribution in [0.5, 0.6) is 0 Å². The van der Waals surface area contributed by atoms with E-state index < -0.39 is 10.0 Å². The summed E-state index contributed by atoms with van der Waals surface area (Å²) in [6, 6.07) is 8.67. The third-order valence-corrected chi connectivity index (χ3v) is 4.84. The molecule has 1 N–H and O–H groups in total. The number of sulfonamides is 1. The maximum Gasteiger partial charge on any atom is 0.282 e. The molecular weight excluding hydrogens is 326 g/mol. The highest BCUT2D eigenvalue weighted by Gasteiger charge is 2.23. The molecule has 0 amide bonds. The Morgan fingerprint density at radius 1 is 1.23 bits per heavy atom. The molecule has 9 heteroatoms. The molecule has 2 aromatic heterocycles. The van der Waals surface area contributed by atoms with Gasteiger partial charge < -0.3 is 4.57 Å². The molecule has 3 rings (SSSR count). The Morgan fingerprint density at radius 2 is 2.00 bits per heavy atom. The highest BCUT2D eigenvalue weighted by molar-refractivity contribution is 7.92. The number of hydrogen-bond donors (Lipinski definition) is 1. The number of benzene rings is 1. The zero-order valence-electron chi connectivity index (χ0n) is 11.5. The van der Waals surface area contributed by atoms with Gasteiger partial charge in [-0.1, -0.05) is 23.7 Å². The predicted octanol–water partition coefficient (Wildman–Crippen LogP) is 2.06. The van der Waals surface area contributed by atoms with Gasteiger partial charge in [0.15, 0.2) is 0 Å². The summed E-state index contributed by atoms with van der Waals surface area (Å²) in [6.07, 6.45) is 4.68. The average Bonchev–Trinajstić information content (AvgIpc) is 3.11. The molecule has 0 unspecified atom stereocenters. The Balaban J connectivity index is 2.02. The van der Waals surface area contributed by atoms with E-state index in [-0.39, 0.29) is 10.2 Å². The molecule has 0 bridgehead atoms. The van der Waals surface area contributed by atoms with E-state index in [0.717, 1.165) is 0 Å². The molecule has 22 heavy (non-hydrogen) atoms. The summed E-state index contributed by atoms with van der Waals surface area (Å²) in [5, 5.41) is 3.94. The van der Waals surface area contributed by atoms with Crippen LogP contribution in [0.15, 0.2) is 54.1 Å². The summed E-state index contributed by atoms with van der Waals surface area (Å²) in [5.74, 6) is 0. The number of halogens is 1. The number of rotatable bonds is 4. The van der Waals surface area contributed by atoms with Gasteiger partial charge in [0.05, 0.1) is 17.7 Å². The molecule has 2 heterocycles. The lowest BCUT2D eigenvalue weighted by atomic mass is 10.3. The van der Waals surface area contributed by atoms with Gasteiger partial charge in [-0.3, -0.25) is 4.72 Å². The topological polar surface area (TPSA) is 81.8 Å². The second-order valence-electron chi connectivity index (χ2n) is 4.52. The zero-order chi connectivity index (χ0) is 15.7. The Morgan fingerprint density at radius 3 is 2.64 bits per heavy atom. The highest BCUT2D eigenvalue weighted by Crippen LogP contribution is 2.25. The van der Waals surface area contributed by atoms with Crippen molar-refractivity contribution >= 4 is 27.3 Å². The molecule has 7 nitrogen and oxygen atoms in total. The highest BCUT2D eigenvalue weighted by atomic mass is 35.5. The predicted molar refractivity (Wildman–Crippen MR) is 82.6 cm³/mol. The van der Waals surface area contributed by atoms with Gasteiger partial charge in [0.2, 0.25) is 5.03 Å². The second kappa shape index (κ2) is 5.47. The average molecular weight is 338 g/mol. The molecule has 1 aromatic carbocycles. The van der Waals surface area contributed by atoms with Crippen molar-refractivity contribution in [2.75, 3.05) is 4.72 Å². The summed E-state index contributed by atoms with van der Waals surface area (Å²) < 4.78 is 30.4. The van der Waals surface area contributed by atoms with Crippen molar-refractivity contribution in [1.29, 1.82) is 0 Å². The van der Waals surface area contributed by atoms with Crippen molar-refractivity contribution in [3.8, 4) is 5.69 Å². The van der Waals surface area contributed by atoms with Crippen LogP contribution in [0.4, 0.5) is 5.69 Å². The van der Waals surface area contributed by atoms with Crippen LogP contribution in [0.2, 0.25) is 5.15 Å². The van der Waals surface area contributed by atoms with E-state index in [1.807, 2.05) is 0 Å². The third kappa shape index (κ3) is 2.58. The van der Waals surface area contributed by atoms with E-state index in [1.54, 1.807) is 54.5 Å². The van der Waals surface area contributed by atoms with Gasteiger partial charge in [-0.05, 0) is 18.2 Å². The first kappa shape index (κ1) is 14.6. The van der Waals surface area contributed by atoms with Gasteiger partial charge in [0.25, 0.3) is 10.0 Å². The smallest absolute Gasteiger partial charge is 0.282 e. The Bertz CT molecular complexity index is 902. The Labute approximate surface area is 132 Å². The normalized spacial score (nSPS) is 11.5. The zero-order valence-corrected chi connectivity index (χ0v) is 13.1. The first-order chi connectivity index (χ1) is 10.5. The summed E-state index contributed by atoms with van der Waals surface area (Å²) in [6.45, 7) is 0. The molecule has 0 aliphatic carbocycles. The largest absolute Gasteiger partial charge is 0.324 e. The van der Waals surface area contributed by atoms with Gasteiger partial charge in [0, 0.05) is 19.4 Å². The van der Waals surface area contributed by atoms with Crippen LogP contribution in [-0.2, 0) is 17.1 Å².